The molecule has 1 amide bonds. The third-order valence-electron chi connectivity index (χ3n) is 4.10. The predicted octanol–water partition coefficient (Wildman–Crippen LogP) is 3.70. The number of nitrogens with one attached hydrogen (secondary N) is 3. The van der Waals surface area contributed by atoms with E-state index in [2.05, 4.69) is 25.9 Å². The Hall–Kier alpha value is -2.31. The molecule has 3 N–H and O–H groups in total. The van der Waals surface area contributed by atoms with Crippen LogP contribution in [0, 0.1) is 0 Å². The molecule has 172 valence electrons. The highest BCUT2D eigenvalue weighted by atomic mass is 127. The minimum atomic E-state index is -4.43. The maximum atomic E-state index is 12.6. The quantitative estimate of drug-likeness (QED) is 0.220. The van der Waals surface area contributed by atoms with Gasteiger partial charge in [0.2, 0.25) is 5.89 Å². The van der Waals surface area contributed by atoms with Crippen LogP contribution in [0.15, 0.2) is 39.9 Å². The van der Waals surface area contributed by atoms with Crippen molar-refractivity contribution in [2.45, 2.75) is 38.9 Å². The Kier molecular flexibility index (Phi) is 9.78. The van der Waals surface area contributed by atoms with Crippen LogP contribution in [0.1, 0.15) is 48.3 Å². The van der Waals surface area contributed by atoms with Gasteiger partial charge in [0, 0.05) is 31.1 Å². The lowest BCUT2D eigenvalue weighted by molar-refractivity contribution is -0.137. The van der Waals surface area contributed by atoms with Crippen LogP contribution in [0.3, 0.4) is 0 Å². The van der Waals surface area contributed by atoms with Gasteiger partial charge in [0.15, 0.2) is 5.96 Å². The highest BCUT2D eigenvalue weighted by Gasteiger charge is 2.30. The maximum absolute atomic E-state index is 12.6. The number of benzene rings is 1. The van der Waals surface area contributed by atoms with Crippen molar-refractivity contribution < 1.29 is 22.4 Å². The van der Waals surface area contributed by atoms with E-state index in [-0.39, 0.29) is 41.5 Å². The van der Waals surface area contributed by atoms with Crippen LogP contribution in [-0.2, 0) is 18.1 Å². The third kappa shape index (κ3) is 8.38. The van der Waals surface area contributed by atoms with E-state index in [0.29, 0.717) is 24.9 Å². The lowest BCUT2D eigenvalue weighted by Gasteiger charge is -2.13. The van der Waals surface area contributed by atoms with Crippen molar-refractivity contribution >= 4 is 35.8 Å². The average molecular weight is 553 g/mol. The number of carbonyl (C=O) groups is 1. The Morgan fingerprint density at radius 3 is 2.19 bits per heavy atom. The van der Waals surface area contributed by atoms with E-state index in [0.717, 1.165) is 30.0 Å². The molecular formula is C20H27F3IN5O2. The first-order chi connectivity index (χ1) is 14.0. The number of halogens is 4. The zero-order valence-corrected chi connectivity index (χ0v) is 20.1. The number of hydrogen-bond acceptors (Lipinski definition) is 4. The topological polar surface area (TPSA) is 91.5 Å². The van der Waals surface area contributed by atoms with Gasteiger partial charge in [-0.15, -0.1) is 24.0 Å². The summed E-state index contributed by atoms with van der Waals surface area (Å²) in [6, 6.07) is 4.06. The van der Waals surface area contributed by atoms with Crippen LogP contribution in [0.4, 0.5) is 13.2 Å². The first-order valence-electron chi connectivity index (χ1n) is 9.36. The van der Waals surface area contributed by atoms with Gasteiger partial charge >= 0.3 is 6.18 Å². The van der Waals surface area contributed by atoms with Crippen molar-refractivity contribution in [1.82, 2.24) is 20.9 Å². The molecule has 0 spiro atoms. The second kappa shape index (κ2) is 11.3. The second-order valence-corrected chi connectivity index (χ2v) is 7.55. The summed E-state index contributed by atoms with van der Waals surface area (Å²) in [6.07, 6.45) is -2.73. The summed E-state index contributed by atoms with van der Waals surface area (Å²) in [5, 5.41) is 8.71. The van der Waals surface area contributed by atoms with Gasteiger partial charge in [-0.2, -0.15) is 13.2 Å². The summed E-state index contributed by atoms with van der Waals surface area (Å²) >= 11 is 0. The fraction of sp³-hybridized carbons (Fsp3) is 0.450. The molecule has 0 fully saturated rings. The number of aliphatic imine (C=N–C) groups is 1. The molecule has 0 bridgehead atoms. The summed E-state index contributed by atoms with van der Waals surface area (Å²) in [4.78, 5) is 20.3. The van der Waals surface area contributed by atoms with Gasteiger partial charge in [-0.3, -0.25) is 9.79 Å². The van der Waals surface area contributed by atoms with E-state index in [4.69, 9.17) is 4.42 Å². The molecule has 0 aliphatic rings. The van der Waals surface area contributed by atoms with Crippen LogP contribution in [0.5, 0.6) is 0 Å². The van der Waals surface area contributed by atoms with Gasteiger partial charge in [-0.25, -0.2) is 4.98 Å². The lowest BCUT2D eigenvalue weighted by Crippen LogP contribution is -2.41. The summed E-state index contributed by atoms with van der Waals surface area (Å²) in [6.45, 7) is 7.06. The van der Waals surface area contributed by atoms with Gasteiger partial charge in [-0.1, -0.05) is 20.8 Å². The molecule has 0 aliphatic heterocycles. The molecule has 0 radical (unpaired) electrons. The Labute approximate surface area is 196 Å². The highest BCUT2D eigenvalue weighted by Crippen LogP contribution is 2.29. The SMILES string of the molecule is CN=C(NCCNC(=O)c1ccc(C(F)(F)F)cc1)NCc1ncc(C(C)(C)C)o1.I. The molecule has 7 nitrogen and oxygen atoms in total. The Balaban J connectivity index is 0.00000480. The molecule has 31 heavy (non-hydrogen) atoms. The van der Waals surface area contributed by atoms with Crippen LogP contribution >= 0.6 is 24.0 Å². The van der Waals surface area contributed by atoms with E-state index in [9.17, 15) is 18.0 Å². The fourth-order valence-electron chi connectivity index (χ4n) is 2.39. The minimum Gasteiger partial charge on any atom is -0.443 e. The number of oxazole rings is 1. The zero-order valence-electron chi connectivity index (χ0n) is 17.8. The molecule has 0 saturated carbocycles. The van der Waals surface area contributed by atoms with Crippen molar-refractivity contribution in [3.05, 3.63) is 53.2 Å². The number of guanidine groups is 1. The molecule has 1 aromatic heterocycles. The van der Waals surface area contributed by atoms with Gasteiger partial charge in [0.05, 0.1) is 18.3 Å². The van der Waals surface area contributed by atoms with Gasteiger partial charge in [-0.05, 0) is 24.3 Å². The van der Waals surface area contributed by atoms with Crippen LogP contribution in [0.25, 0.3) is 0 Å². The number of carbonyl (C=O) groups excluding carboxylic acids is 1. The van der Waals surface area contributed by atoms with Crippen LogP contribution in [-0.4, -0.2) is 37.0 Å². The molecule has 0 unspecified atom stereocenters. The van der Waals surface area contributed by atoms with Crippen LogP contribution in [0.2, 0.25) is 0 Å². The van der Waals surface area contributed by atoms with E-state index >= 15 is 0 Å². The van der Waals surface area contributed by atoms with Crippen molar-refractivity contribution in [2.75, 3.05) is 20.1 Å². The first-order valence-corrected chi connectivity index (χ1v) is 9.36. The van der Waals surface area contributed by atoms with Crippen molar-refractivity contribution in [3.8, 4) is 0 Å². The Morgan fingerprint density at radius 2 is 1.68 bits per heavy atom. The molecule has 0 saturated heterocycles. The molecule has 1 heterocycles. The second-order valence-electron chi connectivity index (χ2n) is 7.55. The van der Waals surface area contributed by atoms with Crippen LogP contribution < -0.4 is 16.0 Å². The molecule has 0 atom stereocenters. The maximum Gasteiger partial charge on any atom is 0.416 e. The fourth-order valence-corrected chi connectivity index (χ4v) is 2.39. The monoisotopic (exact) mass is 553 g/mol. The molecule has 0 aliphatic carbocycles. The lowest BCUT2D eigenvalue weighted by atomic mass is 9.94. The summed E-state index contributed by atoms with van der Waals surface area (Å²) < 4.78 is 43.4. The Morgan fingerprint density at radius 1 is 1.06 bits per heavy atom. The summed E-state index contributed by atoms with van der Waals surface area (Å²) in [5.74, 6) is 1.35. The number of amides is 1. The third-order valence-corrected chi connectivity index (χ3v) is 4.10. The van der Waals surface area contributed by atoms with Crippen molar-refractivity contribution in [1.29, 1.82) is 0 Å². The van der Waals surface area contributed by atoms with E-state index < -0.39 is 17.6 Å². The van der Waals surface area contributed by atoms with Crippen molar-refractivity contribution in [3.63, 3.8) is 0 Å². The Bertz CT molecular complexity index is 874. The van der Waals surface area contributed by atoms with E-state index in [1.807, 2.05) is 20.8 Å². The predicted molar refractivity (Wildman–Crippen MR) is 123 cm³/mol. The number of nitrogens with zero attached hydrogens (tertiary/aromatic N) is 2. The first kappa shape index (κ1) is 26.7. The number of alkyl halides is 3. The van der Waals surface area contributed by atoms with E-state index in [1.54, 1.807) is 13.2 Å². The largest absolute Gasteiger partial charge is 0.443 e. The number of rotatable bonds is 6. The zero-order chi connectivity index (χ0) is 22.4. The molecular weight excluding hydrogens is 526 g/mol. The number of hydrogen-bond donors (Lipinski definition) is 3. The summed E-state index contributed by atoms with van der Waals surface area (Å²) in [7, 11) is 1.60. The highest BCUT2D eigenvalue weighted by molar-refractivity contribution is 14.0. The van der Waals surface area contributed by atoms with Crippen molar-refractivity contribution in [2.24, 2.45) is 4.99 Å². The standard InChI is InChI=1S/C20H26F3N5O2.HI/c1-19(2,3)15-11-27-16(30-15)12-28-18(24-4)26-10-9-25-17(29)13-5-7-14(8-6-13)20(21,22)23;/h5-8,11H,9-10,12H2,1-4H3,(H,25,29)(H2,24,26,28);1H. The van der Waals surface area contributed by atoms with Gasteiger partial charge in [0.1, 0.15) is 5.76 Å². The number of aromatic nitrogens is 1. The van der Waals surface area contributed by atoms with Gasteiger partial charge in [0.25, 0.3) is 5.91 Å². The smallest absolute Gasteiger partial charge is 0.416 e. The average Bonchev–Trinajstić information content (AvgIpc) is 3.16. The molecule has 11 heteroatoms. The molecule has 2 aromatic rings. The normalized spacial score (nSPS) is 12.2. The molecule has 1 aromatic carbocycles. The van der Waals surface area contributed by atoms with Gasteiger partial charge < -0.3 is 20.4 Å². The minimum absolute atomic E-state index is 0. The van der Waals surface area contributed by atoms with E-state index in [1.165, 1.54) is 0 Å². The summed E-state index contributed by atoms with van der Waals surface area (Å²) in [5.41, 5.74) is -0.767. The molecule has 2 rings (SSSR count).